The summed E-state index contributed by atoms with van der Waals surface area (Å²) in [6.07, 6.45) is 0. The summed E-state index contributed by atoms with van der Waals surface area (Å²) >= 11 is 9.12. The van der Waals surface area contributed by atoms with Crippen molar-refractivity contribution in [1.29, 1.82) is 0 Å². The number of rotatable bonds is 4. The number of hydrogen-bond donors (Lipinski definition) is 0. The van der Waals surface area contributed by atoms with Crippen molar-refractivity contribution in [3.63, 3.8) is 0 Å². The lowest BCUT2D eigenvalue weighted by Crippen LogP contribution is -1.93. The zero-order valence-electron chi connectivity index (χ0n) is 10.6. The first kappa shape index (κ1) is 14.8. The fraction of sp³-hybridized carbons (Fsp3) is 0.143. The molecule has 0 saturated carbocycles. The fourth-order valence-electron chi connectivity index (χ4n) is 1.75. The van der Waals surface area contributed by atoms with E-state index in [2.05, 4.69) is 15.9 Å². The molecule has 2 rings (SSSR count). The Morgan fingerprint density at radius 3 is 2.70 bits per heavy atom. The summed E-state index contributed by atoms with van der Waals surface area (Å²) in [5.41, 5.74) is 1.89. The molecule has 2 aromatic carbocycles. The molecule has 4 nitrogen and oxygen atoms in total. The molecule has 0 aliphatic carbocycles. The molecule has 0 aromatic heterocycles. The van der Waals surface area contributed by atoms with Crippen LogP contribution >= 0.6 is 27.5 Å². The summed E-state index contributed by atoms with van der Waals surface area (Å²) in [5.74, 6) is 1.30. The van der Waals surface area contributed by atoms with Gasteiger partial charge in [-0.1, -0.05) is 33.6 Å². The monoisotopic (exact) mass is 355 g/mol. The van der Waals surface area contributed by atoms with Crippen molar-refractivity contribution in [2.24, 2.45) is 0 Å². The topological polar surface area (TPSA) is 52.4 Å². The molecule has 0 bridgehead atoms. The molecule has 2 aromatic rings. The number of alkyl halides is 1. The maximum Gasteiger partial charge on any atom is 0.274 e. The van der Waals surface area contributed by atoms with Crippen LogP contribution in [0.1, 0.15) is 11.1 Å². The molecule has 0 fully saturated rings. The van der Waals surface area contributed by atoms with E-state index in [-0.39, 0.29) is 5.69 Å². The van der Waals surface area contributed by atoms with Gasteiger partial charge in [0.1, 0.15) is 11.5 Å². The highest BCUT2D eigenvalue weighted by atomic mass is 79.9. The summed E-state index contributed by atoms with van der Waals surface area (Å²) in [4.78, 5) is 10.4. The van der Waals surface area contributed by atoms with Gasteiger partial charge in [-0.3, -0.25) is 10.1 Å². The maximum atomic E-state index is 10.8. The molecule has 0 radical (unpaired) electrons. The molecule has 0 unspecified atom stereocenters. The van der Waals surface area contributed by atoms with Crippen LogP contribution in [0.4, 0.5) is 5.69 Å². The number of halogens is 2. The zero-order chi connectivity index (χ0) is 14.7. The van der Waals surface area contributed by atoms with Gasteiger partial charge in [0.25, 0.3) is 5.69 Å². The molecule has 0 heterocycles. The molecule has 0 spiro atoms. The van der Waals surface area contributed by atoms with Crippen LogP contribution < -0.4 is 4.74 Å². The first-order valence-electron chi connectivity index (χ1n) is 5.78. The molecule has 0 atom stereocenters. The molecule has 104 valence electrons. The second-order valence-electron chi connectivity index (χ2n) is 4.25. The van der Waals surface area contributed by atoms with Crippen LogP contribution in [0.5, 0.6) is 11.5 Å². The van der Waals surface area contributed by atoms with E-state index in [1.165, 1.54) is 12.1 Å². The molecule has 6 heteroatoms. The predicted octanol–water partition coefficient (Wildman–Crippen LogP) is 5.20. The smallest absolute Gasteiger partial charge is 0.274 e. The molecular formula is C14H11BrClNO3. The van der Waals surface area contributed by atoms with Crippen molar-refractivity contribution in [3.8, 4) is 11.5 Å². The van der Waals surface area contributed by atoms with Gasteiger partial charge in [0.2, 0.25) is 0 Å². The minimum Gasteiger partial charge on any atom is -0.457 e. The van der Waals surface area contributed by atoms with Crippen LogP contribution in [0.3, 0.4) is 0 Å². The van der Waals surface area contributed by atoms with Crippen LogP contribution in [-0.4, -0.2) is 4.92 Å². The van der Waals surface area contributed by atoms with Crippen molar-refractivity contribution in [2.75, 3.05) is 0 Å². The molecule has 0 saturated heterocycles. The van der Waals surface area contributed by atoms with Gasteiger partial charge in [-0.2, -0.15) is 0 Å². The molecule has 0 aliphatic heterocycles. The van der Waals surface area contributed by atoms with Gasteiger partial charge in [0, 0.05) is 16.1 Å². The lowest BCUT2D eigenvalue weighted by atomic mass is 10.1. The molecule has 0 N–H and O–H groups in total. The Kier molecular flexibility index (Phi) is 4.62. The molecule has 0 aliphatic rings. The van der Waals surface area contributed by atoms with Crippen LogP contribution in [0.15, 0.2) is 40.9 Å². The Morgan fingerprint density at radius 2 is 2.05 bits per heavy atom. The largest absolute Gasteiger partial charge is 0.457 e. The van der Waals surface area contributed by atoms with Crippen molar-refractivity contribution in [2.45, 2.75) is 12.8 Å². The highest BCUT2D eigenvalue weighted by molar-refractivity contribution is 9.10. The van der Waals surface area contributed by atoms with Crippen molar-refractivity contribution < 1.29 is 9.66 Å². The van der Waals surface area contributed by atoms with Gasteiger partial charge < -0.3 is 4.74 Å². The van der Waals surface area contributed by atoms with Gasteiger partial charge in [0.15, 0.2) is 0 Å². The number of non-ortho nitro benzene ring substituents is 1. The van der Waals surface area contributed by atoms with Crippen LogP contribution in [0.25, 0.3) is 0 Å². The third-order valence-corrected chi connectivity index (χ3v) is 3.40. The highest BCUT2D eigenvalue weighted by Gasteiger charge is 2.11. The minimum absolute atomic E-state index is 0.0334. The normalized spacial score (nSPS) is 10.3. The van der Waals surface area contributed by atoms with Gasteiger partial charge >= 0.3 is 0 Å². The predicted molar refractivity (Wildman–Crippen MR) is 81.6 cm³/mol. The number of benzene rings is 2. The Bertz CT molecular complexity index is 661. The van der Waals surface area contributed by atoms with E-state index in [9.17, 15) is 10.1 Å². The standard InChI is InChI=1S/C14H11BrClNO3/c1-9-2-3-14(10(4-9)8-16)20-13-6-11(15)5-12(7-13)17(18)19/h2-7H,8H2,1H3. The molecule has 0 amide bonds. The lowest BCUT2D eigenvalue weighted by Gasteiger charge is -2.10. The van der Waals surface area contributed by atoms with Crippen LogP contribution in [-0.2, 0) is 5.88 Å². The number of ether oxygens (including phenoxy) is 1. The van der Waals surface area contributed by atoms with Crippen molar-refractivity contribution >= 4 is 33.2 Å². The van der Waals surface area contributed by atoms with Gasteiger partial charge in [-0.15, -0.1) is 11.6 Å². The summed E-state index contributed by atoms with van der Waals surface area (Å²) in [7, 11) is 0. The van der Waals surface area contributed by atoms with Crippen molar-refractivity contribution in [1.82, 2.24) is 0 Å². The van der Waals surface area contributed by atoms with E-state index in [1.54, 1.807) is 12.1 Å². The average Bonchev–Trinajstić information content (AvgIpc) is 2.40. The van der Waals surface area contributed by atoms with E-state index in [4.69, 9.17) is 16.3 Å². The number of aryl methyl sites for hydroxylation is 1. The average molecular weight is 357 g/mol. The Hall–Kier alpha value is -1.59. The Morgan fingerprint density at radius 1 is 1.30 bits per heavy atom. The van der Waals surface area contributed by atoms with E-state index in [0.29, 0.717) is 21.9 Å². The van der Waals surface area contributed by atoms with E-state index in [0.717, 1.165) is 11.1 Å². The van der Waals surface area contributed by atoms with Gasteiger partial charge in [-0.05, 0) is 19.1 Å². The SMILES string of the molecule is Cc1ccc(Oc2cc(Br)cc([N+](=O)[O-])c2)c(CCl)c1. The molecular weight excluding hydrogens is 346 g/mol. The van der Waals surface area contributed by atoms with Crippen molar-refractivity contribution in [3.05, 3.63) is 62.1 Å². The summed E-state index contributed by atoms with van der Waals surface area (Å²) in [6, 6.07) is 10.1. The quantitative estimate of drug-likeness (QED) is 0.430. The number of nitro benzene ring substituents is 1. The van der Waals surface area contributed by atoms with Gasteiger partial charge in [0.05, 0.1) is 16.9 Å². The van der Waals surface area contributed by atoms with Crippen LogP contribution in [0, 0.1) is 17.0 Å². The van der Waals surface area contributed by atoms with Crippen LogP contribution in [0.2, 0.25) is 0 Å². The second kappa shape index (κ2) is 6.24. The fourth-order valence-corrected chi connectivity index (χ4v) is 2.42. The maximum absolute atomic E-state index is 10.8. The first-order valence-corrected chi connectivity index (χ1v) is 7.10. The lowest BCUT2D eigenvalue weighted by molar-refractivity contribution is -0.385. The highest BCUT2D eigenvalue weighted by Crippen LogP contribution is 2.32. The summed E-state index contributed by atoms with van der Waals surface area (Å²) in [6.45, 7) is 1.96. The summed E-state index contributed by atoms with van der Waals surface area (Å²) < 4.78 is 6.29. The van der Waals surface area contributed by atoms with E-state index in [1.807, 2.05) is 19.1 Å². The number of nitro groups is 1. The summed E-state index contributed by atoms with van der Waals surface area (Å²) in [5, 5.41) is 10.8. The third-order valence-electron chi connectivity index (χ3n) is 2.65. The number of nitrogens with zero attached hydrogens (tertiary/aromatic N) is 1. The van der Waals surface area contributed by atoms with E-state index < -0.39 is 4.92 Å². The zero-order valence-corrected chi connectivity index (χ0v) is 12.9. The Balaban J connectivity index is 2.37. The van der Waals surface area contributed by atoms with Gasteiger partial charge in [-0.25, -0.2) is 0 Å². The van der Waals surface area contributed by atoms with E-state index >= 15 is 0 Å². The molecule has 20 heavy (non-hydrogen) atoms. The first-order chi connectivity index (χ1) is 9.49. The minimum atomic E-state index is -0.463. The number of hydrogen-bond acceptors (Lipinski definition) is 3. The second-order valence-corrected chi connectivity index (χ2v) is 5.43. The third kappa shape index (κ3) is 3.49. The Labute approximate surface area is 129 Å².